The molecule has 0 aliphatic carbocycles. The van der Waals surface area contributed by atoms with Crippen LogP contribution in [0.4, 0.5) is 5.82 Å². The predicted molar refractivity (Wildman–Crippen MR) is 91.2 cm³/mol. The molecule has 2 aromatic rings. The minimum Gasteiger partial charge on any atom is -0.478 e. The average molecular weight is 326 g/mol. The van der Waals surface area contributed by atoms with Gasteiger partial charge in [0.2, 0.25) is 0 Å². The monoisotopic (exact) mass is 326 g/mol. The molecule has 4 rings (SSSR count). The summed E-state index contributed by atoms with van der Waals surface area (Å²) in [6, 6.07) is 11.0. The number of morpholine rings is 1. The van der Waals surface area contributed by atoms with Crippen molar-refractivity contribution in [1.29, 1.82) is 0 Å². The van der Waals surface area contributed by atoms with E-state index in [9.17, 15) is 0 Å². The SMILES string of the molecule is COc1nccnc1N1C[C@@H]2OCCN(Cc3ccccc3)[C@H]2C1. The van der Waals surface area contributed by atoms with Crippen molar-refractivity contribution in [2.75, 3.05) is 38.3 Å². The Bertz CT molecular complexity index is 682. The standard InChI is InChI=1S/C18H22N4O2/c1-23-18-17(19-7-8-20-18)22-12-15-16(13-22)24-10-9-21(15)11-14-5-3-2-4-6-14/h2-8,15-16H,9-13H2,1H3/t15-,16-/m0/s1. The number of nitrogens with zero attached hydrogens (tertiary/aromatic N) is 4. The molecule has 2 fully saturated rings. The number of fused-ring (bicyclic) bond motifs is 1. The van der Waals surface area contributed by atoms with Crippen LogP contribution in [0.25, 0.3) is 0 Å². The zero-order chi connectivity index (χ0) is 16.4. The minimum absolute atomic E-state index is 0.203. The van der Waals surface area contributed by atoms with E-state index >= 15 is 0 Å². The summed E-state index contributed by atoms with van der Waals surface area (Å²) in [4.78, 5) is 13.5. The van der Waals surface area contributed by atoms with Crippen molar-refractivity contribution in [1.82, 2.24) is 14.9 Å². The molecule has 2 aliphatic heterocycles. The van der Waals surface area contributed by atoms with Gasteiger partial charge >= 0.3 is 0 Å². The topological polar surface area (TPSA) is 50.7 Å². The summed E-state index contributed by atoms with van der Waals surface area (Å²) in [6.45, 7) is 4.40. The molecule has 0 bridgehead atoms. The number of benzene rings is 1. The minimum atomic E-state index is 0.203. The lowest BCUT2D eigenvalue weighted by Gasteiger charge is -2.36. The average Bonchev–Trinajstić information content (AvgIpc) is 3.08. The fraction of sp³-hybridized carbons (Fsp3) is 0.444. The Morgan fingerprint density at radius 2 is 2.00 bits per heavy atom. The van der Waals surface area contributed by atoms with Crippen molar-refractivity contribution < 1.29 is 9.47 Å². The molecule has 0 radical (unpaired) electrons. The van der Waals surface area contributed by atoms with Crippen molar-refractivity contribution in [3.05, 3.63) is 48.3 Å². The van der Waals surface area contributed by atoms with Gasteiger partial charge in [0, 0.05) is 38.6 Å². The summed E-state index contributed by atoms with van der Waals surface area (Å²) < 4.78 is 11.4. The fourth-order valence-electron chi connectivity index (χ4n) is 3.62. The lowest BCUT2D eigenvalue weighted by Crippen LogP contribution is -2.50. The molecule has 3 heterocycles. The van der Waals surface area contributed by atoms with Crippen LogP contribution >= 0.6 is 0 Å². The van der Waals surface area contributed by atoms with Gasteiger partial charge in [0.05, 0.1) is 25.9 Å². The molecule has 0 saturated carbocycles. The summed E-state index contributed by atoms with van der Waals surface area (Å²) in [5.74, 6) is 1.38. The van der Waals surface area contributed by atoms with Crippen LogP contribution in [0.1, 0.15) is 5.56 Å². The summed E-state index contributed by atoms with van der Waals surface area (Å²) in [6.07, 6.45) is 3.57. The van der Waals surface area contributed by atoms with Crippen LogP contribution in [0.5, 0.6) is 5.88 Å². The Morgan fingerprint density at radius 3 is 2.83 bits per heavy atom. The lowest BCUT2D eigenvalue weighted by atomic mass is 10.1. The first kappa shape index (κ1) is 15.4. The molecule has 2 aliphatic rings. The molecule has 126 valence electrons. The van der Waals surface area contributed by atoms with E-state index in [4.69, 9.17) is 9.47 Å². The van der Waals surface area contributed by atoms with Gasteiger partial charge in [-0.1, -0.05) is 30.3 Å². The summed E-state index contributed by atoms with van der Waals surface area (Å²) in [5.41, 5.74) is 1.34. The van der Waals surface area contributed by atoms with Crippen LogP contribution in [-0.2, 0) is 11.3 Å². The molecular weight excluding hydrogens is 304 g/mol. The van der Waals surface area contributed by atoms with E-state index in [0.717, 1.165) is 38.6 Å². The van der Waals surface area contributed by atoms with Gasteiger partial charge in [0.1, 0.15) is 0 Å². The van der Waals surface area contributed by atoms with Crippen LogP contribution in [0.3, 0.4) is 0 Å². The fourth-order valence-corrected chi connectivity index (χ4v) is 3.62. The van der Waals surface area contributed by atoms with E-state index in [0.29, 0.717) is 11.9 Å². The van der Waals surface area contributed by atoms with E-state index in [-0.39, 0.29) is 6.10 Å². The van der Waals surface area contributed by atoms with E-state index in [2.05, 4.69) is 50.1 Å². The number of rotatable bonds is 4. The molecule has 1 aromatic carbocycles. The lowest BCUT2D eigenvalue weighted by molar-refractivity contribution is -0.0499. The van der Waals surface area contributed by atoms with Gasteiger partial charge in [-0.2, -0.15) is 0 Å². The van der Waals surface area contributed by atoms with E-state index in [1.54, 1.807) is 19.5 Å². The third-order valence-electron chi connectivity index (χ3n) is 4.78. The van der Waals surface area contributed by atoms with Gasteiger partial charge in [-0.05, 0) is 5.56 Å². The molecule has 24 heavy (non-hydrogen) atoms. The maximum absolute atomic E-state index is 6.02. The summed E-state index contributed by atoms with van der Waals surface area (Å²) in [5, 5.41) is 0. The molecule has 0 spiro atoms. The van der Waals surface area contributed by atoms with Crippen LogP contribution in [0.2, 0.25) is 0 Å². The number of ether oxygens (including phenoxy) is 2. The van der Waals surface area contributed by atoms with Gasteiger partial charge in [0.15, 0.2) is 5.82 Å². The van der Waals surface area contributed by atoms with Crippen LogP contribution < -0.4 is 9.64 Å². The van der Waals surface area contributed by atoms with Crippen molar-refractivity contribution in [3.63, 3.8) is 0 Å². The Hall–Kier alpha value is -2.18. The maximum Gasteiger partial charge on any atom is 0.257 e. The molecular formula is C18H22N4O2. The first-order chi connectivity index (χ1) is 11.8. The molecule has 2 saturated heterocycles. The van der Waals surface area contributed by atoms with Gasteiger partial charge in [-0.25, -0.2) is 9.97 Å². The zero-order valence-electron chi connectivity index (χ0n) is 13.8. The van der Waals surface area contributed by atoms with Gasteiger partial charge < -0.3 is 14.4 Å². The number of anilines is 1. The van der Waals surface area contributed by atoms with Crippen molar-refractivity contribution in [2.24, 2.45) is 0 Å². The third kappa shape index (κ3) is 2.95. The molecule has 0 amide bonds. The molecule has 6 heteroatoms. The van der Waals surface area contributed by atoms with E-state index in [1.807, 2.05) is 0 Å². The van der Waals surface area contributed by atoms with Crippen LogP contribution in [0.15, 0.2) is 42.7 Å². The first-order valence-electron chi connectivity index (χ1n) is 8.34. The maximum atomic E-state index is 6.02. The number of hydrogen-bond donors (Lipinski definition) is 0. The summed E-state index contributed by atoms with van der Waals surface area (Å²) in [7, 11) is 1.63. The Kier molecular flexibility index (Phi) is 4.32. The number of aromatic nitrogens is 2. The van der Waals surface area contributed by atoms with Crippen molar-refractivity contribution in [3.8, 4) is 5.88 Å². The van der Waals surface area contributed by atoms with Gasteiger partial charge in [0.25, 0.3) is 5.88 Å². The second-order valence-corrected chi connectivity index (χ2v) is 6.23. The Balaban J connectivity index is 1.52. The largest absolute Gasteiger partial charge is 0.478 e. The Labute approximate surface area is 142 Å². The van der Waals surface area contributed by atoms with Crippen LogP contribution in [0, 0.1) is 0 Å². The van der Waals surface area contributed by atoms with Gasteiger partial charge in [-0.3, -0.25) is 4.90 Å². The molecule has 0 unspecified atom stereocenters. The number of methoxy groups -OCH3 is 1. The van der Waals surface area contributed by atoms with Gasteiger partial charge in [-0.15, -0.1) is 0 Å². The highest BCUT2D eigenvalue weighted by molar-refractivity contribution is 5.49. The van der Waals surface area contributed by atoms with Crippen LogP contribution in [-0.4, -0.2) is 60.4 Å². The first-order valence-corrected chi connectivity index (χ1v) is 8.34. The quantitative estimate of drug-likeness (QED) is 0.850. The second-order valence-electron chi connectivity index (χ2n) is 6.23. The Morgan fingerprint density at radius 1 is 1.17 bits per heavy atom. The highest BCUT2D eigenvalue weighted by atomic mass is 16.5. The highest BCUT2D eigenvalue weighted by Crippen LogP contribution is 2.31. The molecule has 6 nitrogen and oxygen atoms in total. The highest BCUT2D eigenvalue weighted by Gasteiger charge is 2.41. The third-order valence-corrected chi connectivity index (χ3v) is 4.78. The molecule has 2 atom stereocenters. The van der Waals surface area contributed by atoms with Crippen molar-refractivity contribution in [2.45, 2.75) is 18.7 Å². The number of hydrogen-bond acceptors (Lipinski definition) is 6. The second kappa shape index (κ2) is 6.75. The smallest absolute Gasteiger partial charge is 0.257 e. The van der Waals surface area contributed by atoms with Crippen molar-refractivity contribution >= 4 is 5.82 Å². The van der Waals surface area contributed by atoms with E-state index < -0.39 is 0 Å². The zero-order valence-corrected chi connectivity index (χ0v) is 13.8. The van der Waals surface area contributed by atoms with E-state index in [1.165, 1.54) is 5.56 Å². The normalized spacial score (nSPS) is 24.0. The molecule has 0 N–H and O–H groups in total. The summed E-state index contributed by atoms with van der Waals surface area (Å²) >= 11 is 0. The predicted octanol–water partition coefficient (Wildman–Crippen LogP) is 1.57. The molecule has 1 aromatic heterocycles.